The first kappa shape index (κ1) is 18.8. The van der Waals surface area contributed by atoms with Crippen LogP contribution in [-0.4, -0.2) is 44.2 Å². The van der Waals surface area contributed by atoms with E-state index in [4.69, 9.17) is 9.47 Å². The molecule has 0 unspecified atom stereocenters. The van der Waals surface area contributed by atoms with E-state index in [1.54, 1.807) is 7.11 Å². The number of nitrogens with one attached hydrogen (secondary N) is 1. The highest BCUT2D eigenvalue weighted by Gasteiger charge is 2.29. The van der Waals surface area contributed by atoms with E-state index < -0.39 is 0 Å². The Hall–Kier alpha value is -2.53. The molecule has 0 saturated carbocycles. The number of carbonyl (C=O) groups excluding carboxylic acids is 1. The summed E-state index contributed by atoms with van der Waals surface area (Å²) in [7, 11) is 1.70. The maximum absolute atomic E-state index is 12.9. The summed E-state index contributed by atoms with van der Waals surface area (Å²) in [6.07, 6.45) is 3.13. The smallest absolute Gasteiger partial charge is 0.226 e. The molecule has 1 amide bonds. The van der Waals surface area contributed by atoms with Gasteiger partial charge in [0, 0.05) is 12.1 Å². The summed E-state index contributed by atoms with van der Waals surface area (Å²) in [6.45, 7) is 3.13. The fourth-order valence-electron chi connectivity index (χ4n) is 4.27. The molecular weight excluding hydrogens is 352 g/mol. The lowest BCUT2D eigenvalue weighted by atomic mass is 9.95. The summed E-state index contributed by atoms with van der Waals surface area (Å²) in [6, 6.07) is 16.2. The van der Waals surface area contributed by atoms with Crippen molar-refractivity contribution in [2.45, 2.75) is 25.3 Å². The zero-order chi connectivity index (χ0) is 19.3. The minimum Gasteiger partial charge on any atom is -0.496 e. The van der Waals surface area contributed by atoms with Gasteiger partial charge in [0.25, 0.3) is 0 Å². The van der Waals surface area contributed by atoms with Crippen LogP contribution in [0.5, 0.6) is 11.5 Å². The fourth-order valence-corrected chi connectivity index (χ4v) is 4.27. The zero-order valence-electron chi connectivity index (χ0n) is 16.4. The quantitative estimate of drug-likeness (QED) is 0.836. The number of benzene rings is 2. The molecule has 148 valence electrons. The van der Waals surface area contributed by atoms with Gasteiger partial charge in [-0.2, -0.15) is 0 Å². The van der Waals surface area contributed by atoms with Gasteiger partial charge in [-0.15, -0.1) is 0 Å². The molecule has 1 fully saturated rings. The maximum Gasteiger partial charge on any atom is 0.226 e. The van der Waals surface area contributed by atoms with Gasteiger partial charge in [0.05, 0.1) is 19.1 Å². The minimum atomic E-state index is -0.146. The largest absolute Gasteiger partial charge is 0.496 e. The van der Waals surface area contributed by atoms with Crippen LogP contribution >= 0.6 is 0 Å². The lowest BCUT2D eigenvalue weighted by molar-refractivity contribution is -0.126. The van der Waals surface area contributed by atoms with Crippen LogP contribution in [0.4, 0.5) is 0 Å². The van der Waals surface area contributed by atoms with Crippen LogP contribution in [0.15, 0.2) is 48.5 Å². The van der Waals surface area contributed by atoms with Gasteiger partial charge in [-0.25, -0.2) is 0 Å². The number of nitrogens with zero attached hydrogens (tertiary/aromatic N) is 1. The van der Waals surface area contributed by atoms with Crippen LogP contribution in [0.2, 0.25) is 0 Å². The molecule has 1 N–H and O–H groups in total. The number of rotatable bonds is 6. The Morgan fingerprint density at radius 3 is 2.75 bits per heavy atom. The second-order valence-corrected chi connectivity index (χ2v) is 7.57. The lowest BCUT2D eigenvalue weighted by Gasteiger charge is -2.30. The van der Waals surface area contributed by atoms with Gasteiger partial charge in [-0.05, 0) is 50.0 Å². The van der Waals surface area contributed by atoms with Crippen LogP contribution in [0, 0.1) is 5.92 Å². The Labute approximate surface area is 166 Å². The number of hydrogen-bond acceptors (Lipinski definition) is 4. The molecule has 2 aromatic rings. The highest BCUT2D eigenvalue weighted by molar-refractivity contribution is 5.79. The van der Waals surface area contributed by atoms with Gasteiger partial charge in [-0.3, -0.25) is 9.69 Å². The topological polar surface area (TPSA) is 50.8 Å². The van der Waals surface area contributed by atoms with Crippen LogP contribution < -0.4 is 14.8 Å². The minimum absolute atomic E-state index is 0.0635. The van der Waals surface area contributed by atoms with Crippen LogP contribution in [0.1, 0.15) is 30.0 Å². The Morgan fingerprint density at radius 2 is 1.93 bits per heavy atom. The summed E-state index contributed by atoms with van der Waals surface area (Å²) >= 11 is 0. The van der Waals surface area contributed by atoms with Crippen LogP contribution in [-0.2, 0) is 11.2 Å². The number of methoxy groups -OCH3 is 1. The summed E-state index contributed by atoms with van der Waals surface area (Å²) in [5.74, 6) is 1.69. The highest BCUT2D eigenvalue weighted by atomic mass is 16.5. The third kappa shape index (κ3) is 3.99. The molecular formula is C23H28N2O3. The first-order valence-corrected chi connectivity index (χ1v) is 10.1. The summed E-state index contributed by atoms with van der Waals surface area (Å²) in [5.41, 5.74) is 2.24. The van der Waals surface area contributed by atoms with Gasteiger partial charge in [-0.1, -0.05) is 36.4 Å². The molecule has 2 heterocycles. The first-order valence-electron chi connectivity index (χ1n) is 10.1. The maximum atomic E-state index is 12.9. The highest BCUT2D eigenvalue weighted by Crippen LogP contribution is 2.32. The molecule has 0 spiro atoms. The van der Waals surface area contributed by atoms with E-state index in [1.807, 2.05) is 42.5 Å². The Balaban J connectivity index is 1.45. The molecule has 5 heteroatoms. The molecule has 5 nitrogen and oxygen atoms in total. The molecule has 28 heavy (non-hydrogen) atoms. The number of ether oxygens (including phenoxy) is 2. The molecule has 0 aromatic heterocycles. The van der Waals surface area contributed by atoms with Crippen molar-refractivity contribution in [2.75, 3.05) is 33.4 Å². The van der Waals surface area contributed by atoms with Gasteiger partial charge in [0.1, 0.15) is 18.1 Å². The molecule has 0 aliphatic carbocycles. The summed E-state index contributed by atoms with van der Waals surface area (Å²) < 4.78 is 11.4. The monoisotopic (exact) mass is 380 g/mol. The van der Waals surface area contributed by atoms with Crippen molar-refractivity contribution >= 4 is 5.91 Å². The fraction of sp³-hybridized carbons (Fsp3) is 0.435. The van der Waals surface area contributed by atoms with Crippen LogP contribution in [0.3, 0.4) is 0 Å². The number of likely N-dealkylation sites (tertiary alicyclic amines) is 1. The zero-order valence-corrected chi connectivity index (χ0v) is 16.4. The second kappa shape index (κ2) is 8.65. The molecule has 2 aliphatic heterocycles. The van der Waals surface area contributed by atoms with E-state index in [2.05, 4.69) is 16.3 Å². The van der Waals surface area contributed by atoms with Crippen molar-refractivity contribution in [3.05, 3.63) is 59.7 Å². The van der Waals surface area contributed by atoms with E-state index in [-0.39, 0.29) is 17.9 Å². The number of para-hydroxylation sites is 2. The summed E-state index contributed by atoms with van der Waals surface area (Å²) in [4.78, 5) is 15.3. The van der Waals surface area contributed by atoms with E-state index in [0.29, 0.717) is 13.2 Å². The molecule has 4 rings (SSSR count). The van der Waals surface area contributed by atoms with Crippen molar-refractivity contribution in [1.29, 1.82) is 0 Å². The first-order chi connectivity index (χ1) is 13.8. The molecule has 0 radical (unpaired) electrons. The predicted octanol–water partition coefficient (Wildman–Crippen LogP) is 3.20. The SMILES string of the molecule is COc1ccccc1[C@@H](CNC(=O)[C@@H]1COc2ccccc2C1)N1CCCC1. The third-order valence-electron chi connectivity index (χ3n) is 5.80. The van der Waals surface area contributed by atoms with Gasteiger partial charge >= 0.3 is 0 Å². The van der Waals surface area contributed by atoms with Gasteiger partial charge in [0.2, 0.25) is 5.91 Å². The summed E-state index contributed by atoms with van der Waals surface area (Å²) in [5, 5.41) is 3.19. The molecule has 1 saturated heterocycles. The van der Waals surface area contributed by atoms with Crippen molar-refractivity contribution in [2.24, 2.45) is 5.92 Å². The number of amides is 1. The Morgan fingerprint density at radius 1 is 1.18 bits per heavy atom. The van der Waals surface area contributed by atoms with Crippen molar-refractivity contribution < 1.29 is 14.3 Å². The number of hydrogen-bond donors (Lipinski definition) is 1. The van der Waals surface area contributed by atoms with Crippen molar-refractivity contribution in [1.82, 2.24) is 10.2 Å². The predicted molar refractivity (Wildman–Crippen MR) is 109 cm³/mol. The number of carbonyl (C=O) groups is 1. The van der Waals surface area contributed by atoms with Crippen molar-refractivity contribution in [3.63, 3.8) is 0 Å². The van der Waals surface area contributed by atoms with E-state index in [0.717, 1.165) is 42.1 Å². The second-order valence-electron chi connectivity index (χ2n) is 7.57. The lowest BCUT2D eigenvalue weighted by Crippen LogP contribution is -2.42. The van der Waals surface area contributed by atoms with E-state index >= 15 is 0 Å². The van der Waals surface area contributed by atoms with E-state index in [9.17, 15) is 4.79 Å². The van der Waals surface area contributed by atoms with Crippen molar-refractivity contribution in [3.8, 4) is 11.5 Å². The normalized spacial score (nSPS) is 20.1. The van der Waals surface area contributed by atoms with E-state index in [1.165, 1.54) is 12.8 Å². The number of fused-ring (bicyclic) bond motifs is 1. The Bertz CT molecular complexity index is 817. The third-order valence-corrected chi connectivity index (χ3v) is 5.80. The van der Waals surface area contributed by atoms with Gasteiger partial charge in [0.15, 0.2) is 0 Å². The molecule has 2 aliphatic rings. The molecule has 2 aromatic carbocycles. The Kier molecular flexibility index (Phi) is 5.81. The standard InChI is InChI=1S/C23H28N2O3/c1-27-22-11-5-3-9-19(22)20(25-12-6-7-13-25)15-24-23(26)18-14-17-8-2-4-10-21(17)28-16-18/h2-5,8-11,18,20H,6-7,12-16H2,1H3,(H,24,26)/t18-,20+/m0/s1. The molecule has 2 atom stereocenters. The van der Waals surface area contributed by atoms with Crippen LogP contribution in [0.25, 0.3) is 0 Å². The average Bonchev–Trinajstić information content (AvgIpc) is 3.28. The average molecular weight is 380 g/mol. The van der Waals surface area contributed by atoms with Gasteiger partial charge < -0.3 is 14.8 Å². The molecule has 0 bridgehead atoms.